The van der Waals surface area contributed by atoms with E-state index in [-0.39, 0.29) is 17.7 Å². The average molecular weight is 429 g/mol. The summed E-state index contributed by atoms with van der Waals surface area (Å²) < 4.78 is 3.66. The van der Waals surface area contributed by atoms with E-state index in [9.17, 15) is 9.90 Å². The van der Waals surface area contributed by atoms with Gasteiger partial charge in [0.1, 0.15) is 0 Å². The molecule has 1 fully saturated rings. The maximum atomic E-state index is 11.8. The predicted octanol–water partition coefficient (Wildman–Crippen LogP) is 4.58. The molecule has 2 aromatic carbocycles. The van der Waals surface area contributed by atoms with E-state index in [4.69, 9.17) is 10.2 Å². The second kappa shape index (κ2) is 7.71. The second-order valence-corrected chi connectivity index (χ2v) is 9.25. The van der Waals surface area contributed by atoms with Crippen LogP contribution >= 0.6 is 0 Å². The van der Waals surface area contributed by atoms with Crippen molar-refractivity contribution in [2.24, 2.45) is 0 Å². The maximum absolute atomic E-state index is 11.8. The highest BCUT2D eigenvalue weighted by atomic mass is 16.3. The molecule has 0 bridgehead atoms. The summed E-state index contributed by atoms with van der Waals surface area (Å²) in [7, 11) is 0. The molecule has 2 aromatic heterocycles. The first-order valence-corrected chi connectivity index (χ1v) is 11.1. The lowest BCUT2D eigenvalue weighted by atomic mass is 9.92. The van der Waals surface area contributed by atoms with Crippen molar-refractivity contribution >= 4 is 16.7 Å². The van der Waals surface area contributed by atoms with Crippen LogP contribution in [0.15, 0.2) is 54.7 Å². The van der Waals surface area contributed by atoms with Crippen LogP contribution in [0, 0.1) is 6.92 Å². The van der Waals surface area contributed by atoms with Gasteiger partial charge in [-0.2, -0.15) is 10.2 Å². The minimum Gasteiger partial charge on any atom is -0.386 e. The topological polar surface area (TPSA) is 72.9 Å². The van der Waals surface area contributed by atoms with Crippen molar-refractivity contribution in [2.45, 2.75) is 58.2 Å². The van der Waals surface area contributed by atoms with Crippen molar-refractivity contribution in [2.75, 3.05) is 0 Å². The molecule has 1 N–H and O–H groups in total. The molecule has 1 aliphatic carbocycles. The Hall–Kier alpha value is -3.25. The van der Waals surface area contributed by atoms with Crippen LogP contribution in [-0.2, 0) is 23.3 Å². The summed E-state index contributed by atoms with van der Waals surface area (Å²) in [4.78, 5) is 11.8. The summed E-state index contributed by atoms with van der Waals surface area (Å²) in [6, 6.07) is 15.7. The molecule has 0 unspecified atom stereocenters. The zero-order valence-corrected chi connectivity index (χ0v) is 18.7. The summed E-state index contributed by atoms with van der Waals surface area (Å²) in [6.07, 6.45) is 3.62. The Morgan fingerprint density at radius 1 is 1.12 bits per heavy atom. The van der Waals surface area contributed by atoms with Crippen LogP contribution in [0.25, 0.3) is 22.2 Å². The lowest BCUT2D eigenvalue weighted by molar-refractivity contribution is -0.117. The van der Waals surface area contributed by atoms with E-state index in [1.54, 1.807) is 6.92 Å². The molecule has 6 nitrogen and oxygen atoms in total. The fourth-order valence-corrected chi connectivity index (χ4v) is 4.61. The number of hydrogen-bond acceptors (Lipinski definition) is 4. The predicted molar refractivity (Wildman–Crippen MR) is 124 cm³/mol. The standard InChI is InChI=1S/C26H28N4O2/c1-17(31)14-30-18(2)24(26(3)12-13-26)25(28-30)20-10-7-11-22-21(20)15-29(27-22)16-23(32)19-8-5-4-6-9-19/h4-11,15,23,32H,12-14,16H2,1-3H3/t23-/m0/s1. The summed E-state index contributed by atoms with van der Waals surface area (Å²) in [5.41, 5.74) is 6.12. The second-order valence-electron chi connectivity index (χ2n) is 9.25. The van der Waals surface area contributed by atoms with E-state index in [2.05, 4.69) is 19.9 Å². The monoisotopic (exact) mass is 428 g/mol. The lowest BCUT2D eigenvalue weighted by Gasteiger charge is -2.11. The Kier molecular flexibility index (Phi) is 4.97. The van der Waals surface area contributed by atoms with Gasteiger partial charge < -0.3 is 5.11 Å². The number of nitrogens with zero attached hydrogens (tertiary/aromatic N) is 4. The van der Waals surface area contributed by atoms with Gasteiger partial charge in [-0.05, 0) is 43.7 Å². The smallest absolute Gasteiger partial charge is 0.151 e. The Bertz CT molecular complexity index is 1300. The van der Waals surface area contributed by atoms with Crippen molar-refractivity contribution in [3.63, 3.8) is 0 Å². The van der Waals surface area contributed by atoms with Crippen molar-refractivity contribution in [3.05, 3.63) is 71.5 Å². The van der Waals surface area contributed by atoms with Gasteiger partial charge >= 0.3 is 0 Å². The van der Waals surface area contributed by atoms with Crippen molar-refractivity contribution in [1.29, 1.82) is 0 Å². The summed E-state index contributed by atoms with van der Waals surface area (Å²) in [5.74, 6) is 0.0931. The molecule has 164 valence electrons. The van der Waals surface area contributed by atoms with Crippen LogP contribution in [0.4, 0.5) is 0 Å². The highest BCUT2D eigenvalue weighted by Crippen LogP contribution is 2.52. The number of aliphatic hydroxyl groups excluding tert-OH is 1. The Morgan fingerprint density at radius 3 is 2.56 bits per heavy atom. The number of benzene rings is 2. The van der Waals surface area contributed by atoms with Crippen LogP contribution in [0.5, 0.6) is 0 Å². The van der Waals surface area contributed by atoms with Crippen molar-refractivity contribution in [3.8, 4) is 11.3 Å². The number of carbonyl (C=O) groups is 1. The molecule has 0 aliphatic heterocycles. The number of Topliss-reactive ketones (excluding diaryl/α,β-unsaturated/α-hetero) is 1. The normalized spacial score (nSPS) is 15.8. The zero-order chi connectivity index (χ0) is 22.5. The van der Waals surface area contributed by atoms with Crippen molar-refractivity contribution < 1.29 is 9.90 Å². The first-order valence-electron chi connectivity index (χ1n) is 11.1. The Labute approximate surface area is 187 Å². The summed E-state index contributed by atoms with van der Waals surface area (Å²) in [5, 5.41) is 21.3. The van der Waals surface area contributed by atoms with E-state index in [1.165, 1.54) is 5.56 Å². The minimum absolute atomic E-state index is 0.0931. The van der Waals surface area contributed by atoms with Gasteiger partial charge in [-0.25, -0.2) is 0 Å². The van der Waals surface area contributed by atoms with E-state index >= 15 is 0 Å². The molecule has 6 heteroatoms. The lowest BCUT2D eigenvalue weighted by Crippen LogP contribution is -2.10. The van der Waals surface area contributed by atoms with Gasteiger partial charge in [0.05, 0.1) is 30.4 Å². The molecule has 5 rings (SSSR count). The molecule has 2 heterocycles. The van der Waals surface area contributed by atoms with Crippen LogP contribution in [-0.4, -0.2) is 30.5 Å². The molecular weight excluding hydrogens is 400 g/mol. The van der Waals surface area contributed by atoms with Gasteiger partial charge in [0.15, 0.2) is 5.78 Å². The minimum atomic E-state index is -0.632. The van der Waals surface area contributed by atoms with Gasteiger partial charge in [-0.1, -0.05) is 49.4 Å². The molecule has 0 saturated heterocycles. The highest BCUT2D eigenvalue weighted by molar-refractivity contribution is 5.94. The van der Waals surface area contributed by atoms with Crippen LogP contribution in [0.2, 0.25) is 0 Å². The van der Waals surface area contributed by atoms with Gasteiger partial charge in [0, 0.05) is 28.4 Å². The van der Waals surface area contributed by atoms with Crippen LogP contribution in [0.3, 0.4) is 0 Å². The zero-order valence-electron chi connectivity index (χ0n) is 18.7. The number of aliphatic hydroxyl groups is 1. The first kappa shape index (κ1) is 20.6. The van der Waals surface area contributed by atoms with Crippen LogP contribution in [0.1, 0.15) is 49.6 Å². The number of fused-ring (bicyclic) bond motifs is 1. The first-order chi connectivity index (χ1) is 15.4. The molecule has 4 aromatic rings. The third kappa shape index (κ3) is 3.65. The van der Waals surface area contributed by atoms with E-state index in [0.717, 1.165) is 46.3 Å². The molecule has 1 atom stereocenters. The largest absolute Gasteiger partial charge is 0.386 e. The SMILES string of the molecule is CC(=O)Cn1nc(-c2cccc3nn(C[C@H](O)c4ccccc4)cc23)c(C2(C)CC2)c1C. The number of aromatic nitrogens is 4. The summed E-state index contributed by atoms with van der Waals surface area (Å²) in [6.45, 7) is 6.60. The number of rotatable bonds is 7. The van der Waals surface area contributed by atoms with Gasteiger partial charge in [-0.15, -0.1) is 0 Å². The van der Waals surface area contributed by atoms with E-state index < -0.39 is 6.10 Å². The van der Waals surface area contributed by atoms with Crippen molar-refractivity contribution in [1.82, 2.24) is 19.6 Å². The third-order valence-corrected chi connectivity index (χ3v) is 6.58. The molecule has 32 heavy (non-hydrogen) atoms. The van der Waals surface area contributed by atoms with Gasteiger partial charge in [-0.3, -0.25) is 14.2 Å². The number of carbonyl (C=O) groups excluding carboxylic acids is 1. The fraction of sp³-hybridized carbons (Fsp3) is 0.346. The Morgan fingerprint density at radius 2 is 1.88 bits per heavy atom. The number of hydrogen-bond donors (Lipinski definition) is 1. The number of ketones is 1. The molecule has 0 radical (unpaired) electrons. The van der Waals surface area contributed by atoms with Gasteiger partial charge in [0.2, 0.25) is 0 Å². The molecule has 1 aliphatic rings. The van der Waals surface area contributed by atoms with E-state index in [1.807, 2.05) is 58.0 Å². The average Bonchev–Trinajstić information content (AvgIpc) is 3.23. The molecular formula is C26H28N4O2. The third-order valence-electron chi connectivity index (χ3n) is 6.58. The van der Waals surface area contributed by atoms with Gasteiger partial charge in [0.25, 0.3) is 0 Å². The Balaban J connectivity index is 1.57. The summed E-state index contributed by atoms with van der Waals surface area (Å²) >= 11 is 0. The quantitative estimate of drug-likeness (QED) is 0.468. The maximum Gasteiger partial charge on any atom is 0.151 e. The molecule has 1 saturated carbocycles. The fourth-order valence-electron chi connectivity index (χ4n) is 4.61. The highest BCUT2D eigenvalue weighted by Gasteiger charge is 2.44. The van der Waals surface area contributed by atoms with E-state index in [0.29, 0.717) is 6.54 Å². The molecule has 0 amide bonds. The molecule has 0 spiro atoms. The van der Waals surface area contributed by atoms with Crippen LogP contribution < -0.4 is 0 Å².